The molecule has 0 bridgehead atoms. The summed E-state index contributed by atoms with van der Waals surface area (Å²) < 4.78 is 9.39. The number of anilines is 1. The van der Waals surface area contributed by atoms with Crippen molar-refractivity contribution in [1.29, 1.82) is 0 Å². The summed E-state index contributed by atoms with van der Waals surface area (Å²) in [5, 5.41) is 1.02. The fourth-order valence-corrected chi connectivity index (χ4v) is 3.22. The topological polar surface area (TPSA) is 41.5 Å². The van der Waals surface area contributed by atoms with Crippen LogP contribution in [0.4, 0.5) is 5.13 Å². The maximum Gasteiger partial charge on any atom is 0.205 e. The highest BCUT2D eigenvalue weighted by Gasteiger charge is 2.20. The van der Waals surface area contributed by atoms with Gasteiger partial charge in [0.1, 0.15) is 6.61 Å². The Labute approximate surface area is 129 Å². The van der Waals surface area contributed by atoms with Crippen LogP contribution in [0.3, 0.4) is 0 Å². The summed E-state index contributed by atoms with van der Waals surface area (Å²) in [6.45, 7) is 5.66. The van der Waals surface area contributed by atoms with E-state index >= 15 is 0 Å². The van der Waals surface area contributed by atoms with Crippen LogP contribution >= 0.6 is 11.5 Å². The summed E-state index contributed by atoms with van der Waals surface area (Å²) in [5.41, 5.74) is 1.38. The van der Waals surface area contributed by atoms with Crippen LogP contribution in [0.15, 0.2) is 30.3 Å². The smallest absolute Gasteiger partial charge is 0.205 e. The molecule has 0 radical (unpaired) electrons. The lowest BCUT2D eigenvalue weighted by atomic mass is 10.2. The predicted octanol–water partition coefficient (Wildman–Crippen LogP) is 2.01. The third kappa shape index (κ3) is 3.78. The number of methoxy groups -OCH3 is 1. The second-order valence-corrected chi connectivity index (χ2v) is 5.91. The first-order valence-corrected chi connectivity index (χ1v) is 7.95. The van der Waals surface area contributed by atoms with Gasteiger partial charge in [0.15, 0.2) is 5.82 Å². The number of ether oxygens (including phenoxy) is 1. The second kappa shape index (κ2) is 6.98. The fraction of sp³-hybridized carbons (Fsp3) is 0.467. The van der Waals surface area contributed by atoms with E-state index in [0.717, 1.165) is 43.7 Å². The molecule has 112 valence electrons. The highest BCUT2D eigenvalue weighted by Crippen LogP contribution is 2.20. The number of benzene rings is 1. The molecule has 2 heterocycles. The lowest BCUT2D eigenvalue weighted by molar-refractivity contribution is 0.179. The molecule has 1 fully saturated rings. The van der Waals surface area contributed by atoms with Crippen molar-refractivity contribution in [3.63, 3.8) is 0 Å². The maximum atomic E-state index is 5.07. The molecule has 1 aromatic heterocycles. The molecule has 5 nitrogen and oxygen atoms in total. The van der Waals surface area contributed by atoms with Crippen LogP contribution in [0.1, 0.15) is 11.4 Å². The molecule has 0 aliphatic carbocycles. The molecule has 0 N–H and O–H groups in total. The van der Waals surface area contributed by atoms with Gasteiger partial charge in [0.05, 0.1) is 0 Å². The third-order valence-corrected chi connectivity index (χ3v) is 4.44. The number of hydrogen-bond donors (Lipinski definition) is 0. The van der Waals surface area contributed by atoms with Crippen LogP contribution in [0.25, 0.3) is 0 Å². The minimum Gasteiger partial charge on any atom is -0.377 e. The van der Waals surface area contributed by atoms with E-state index in [1.165, 1.54) is 17.1 Å². The Morgan fingerprint density at radius 2 is 1.90 bits per heavy atom. The second-order valence-electron chi connectivity index (χ2n) is 5.17. The Kier molecular flexibility index (Phi) is 4.80. The first-order chi connectivity index (χ1) is 10.3. The van der Waals surface area contributed by atoms with Gasteiger partial charge in [-0.2, -0.15) is 4.37 Å². The third-order valence-electron chi connectivity index (χ3n) is 3.62. The average Bonchev–Trinajstić information content (AvgIpc) is 2.98. The monoisotopic (exact) mass is 304 g/mol. The lowest BCUT2D eigenvalue weighted by Crippen LogP contribution is -2.45. The summed E-state index contributed by atoms with van der Waals surface area (Å²) >= 11 is 1.47. The highest BCUT2D eigenvalue weighted by atomic mass is 32.1. The fourth-order valence-electron chi connectivity index (χ4n) is 2.50. The Hall–Kier alpha value is -1.50. The molecular weight excluding hydrogens is 284 g/mol. The van der Waals surface area contributed by atoms with Crippen LogP contribution in [-0.4, -0.2) is 47.5 Å². The van der Waals surface area contributed by atoms with Crippen LogP contribution < -0.4 is 4.90 Å². The zero-order valence-electron chi connectivity index (χ0n) is 12.2. The Morgan fingerprint density at radius 3 is 2.62 bits per heavy atom. The molecule has 0 unspecified atom stereocenters. The highest BCUT2D eigenvalue weighted by molar-refractivity contribution is 7.09. The molecular formula is C15H20N4OS. The maximum absolute atomic E-state index is 5.07. The van der Waals surface area contributed by atoms with Gasteiger partial charge in [-0.25, -0.2) is 4.98 Å². The number of hydrogen-bond acceptors (Lipinski definition) is 6. The van der Waals surface area contributed by atoms with Gasteiger partial charge in [0.25, 0.3) is 0 Å². The summed E-state index contributed by atoms with van der Waals surface area (Å²) in [4.78, 5) is 9.33. The lowest BCUT2D eigenvalue weighted by Gasteiger charge is -2.34. The van der Waals surface area contributed by atoms with Crippen molar-refractivity contribution in [2.24, 2.45) is 0 Å². The van der Waals surface area contributed by atoms with E-state index in [9.17, 15) is 0 Å². The van der Waals surface area contributed by atoms with Crippen LogP contribution in [0, 0.1) is 0 Å². The van der Waals surface area contributed by atoms with Gasteiger partial charge in [-0.05, 0) is 5.56 Å². The van der Waals surface area contributed by atoms with Crippen molar-refractivity contribution in [1.82, 2.24) is 14.3 Å². The van der Waals surface area contributed by atoms with E-state index in [-0.39, 0.29) is 0 Å². The van der Waals surface area contributed by atoms with Gasteiger partial charge in [-0.1, -0.05) is 30.3 Å². The molecule has 21 heavy (non-hydrogen) atoms. The van der Waals surface area contributed by atoms with Gasteiger partial charge in [-0.3, -0.25) is 4.90 Å². The van der Waals surface area contributed by atoms with Gasteiger partial charge in [0.2, 0.25) is 5.13 Å². The molecule has 0 amide bonds. The number of rotatable bonds is 5. The molecule has 3 rings (SSSR count). The molecule has 6 heteroatoms. The van der Waals surface area contributed by atoms with Crippen LogP contribution in [0.5, 0.6) is 0 Å². The number of nitrogens with zero attached hydrogens (tertiary/aromatic N) is 4. The number of aromatic nitrogens is 2. The standard InChI is InChI=1S/C15H20N4OS/c1-20-12-14-16-15(21-17-14)19-9-7-18(8-10-19)11-13-5-3-2-4-6-13/h2-6H,7-12H2,1H3. The Bertz CT molecular complexity index is 552. The average molecular weight is 304 g/mol. The normalized spacial score (nSPS) is 16.3. The molecule has 1 aliphatic heterocycles. The minimum atomic E-state index is 0.491. The largest absolute Gasteiger partial charge is 0.377 e. The van der Waals surface area contributed by atoms with Gasteiger partial charge in [0, 0.05) is 51.4 Å². The summed E-state index contributed by atoms with van der Waals surface area (Å²) in [6.07, 6.45) is 0. The molecule has 0 atom stereocenters. The first-order valence-electron chi connectivity index (χ1n) is 7.18. The van der Waals surface area contributed by atoms with Gasteiger partial charge in [-0.15, -0.1) is 0 Å². The van der Waals surface area contributed by atoms with Crippen molar-refractivity contribution in [2.45, 2.75) is 13.2 Å². The van der Waals surface area contributed by atoms with Crippen molar-refractivity contribution < 1.29 is 4.74 Å². The van der Waals surface area contributed by atoms with E-state index < -0.39 is 0 Å². The van der Waals surface area contributed by atoms with E-state index in [1.54, 1.807) is 7.11 Å². The molecule has 0 spiro atoms. The first kappa shape index (κ1) is 14.4. The van der Waals surface area contributed by atoms with Gasteiger partial charge >= 0.3 is 0 Å². The molecule has 2 aromatic rings. The van der Waals surface area contributed by atoms with Crippen molar-refractivity contribution in [2.75, 3.05) is 38.2 Å². The van der Waals surface area contributed by atoms with Crippen LogP contribution in [0.2, 0.25) is 0 Å². The van der Waals surface area contributed by atoms with E-state index in [1.807, 2.05) is 0 Å². The van der Waals surface area contributed by atoms with Crippen molar-refractivity contribution in [3.05, 3.63) is 41.7 Å². The minimum absolute atomic E-state index is 0.491. The summed E-state index contributed by atoms with van der Waals surface area (Å²) in [6, 6.07) is 10.6. The van der Waals surface area contributed by atoms with Crippen molar-refractivity contribution in [3.8, 4) is 0 Å². The zero-order valence-corrected chi connectivity index (χ0v) is 13.1. The number of piperazine rings is 1. The van der Waals surface area contributed by atoms with E-state index in [4.69, 9.17) is 4.74 Å². The van der Waals surface area contributed by atoms with E-state index in [0.29, 0.717) is 6.61 Å². The van der Waals surface area contributed by atoms with Crippen LogP contribution in [-0.2, 0) is 17.9 Å². The van der Waals surface area contributed by atoms with E-state index in [2.05, 4.69) is 49.5 Å². The Balaban J connectivity index is 1.52. The SMILES string of the molecule is COCc1nsc(N2CCN(Cc3ccccc3)CC2)n1. The molecule has 1 saturated heterocycles. The van der Waals surface area contributed by atoms with Crippen molar-refractivity contribution >= 4 is 16.7 Å². The molecule has 1 aromatic carbocycles. The molecule has 0 saturated carbocycles. The predicted molar refractivity (Wildman–Crippen MR) is 84.6 cm³/mol. The van der Waals surface area contributed by atoms with Gasteiger partial charge < -0.3 is 9.64 Å². The summed E-state index contributed by atoms with van der Waals surface area (Å²) in [7, 11) is 1.67. The Morgan fingerprint density at radius 1 is 1.14 bits per heavy atom. The summed E-state index contributed by atoms with van der Waals surface area (Å²) in [5.74, 6) is 0.782. The quantitative estimate of drug-likeness (QED) is 0.845. The zero-order chi connectivity index (χ0) is 14.5. The molecule has 1 aliphatic rings.